The molecule has 1 aliphatic rings. The second-order valence-corrected chi connectivity index (χ2v) is 6.18. The number of thiazole rings is 1. The third-order valence-corrected chi connectivity index (χ3v) is 4.88. The lowest BCUT2D eigenvalue weighted by Crippen LogP contribution is -1.78. The summed E-state index contributed by atoms with van der Waals surface area (Å²) >= 11 is 3.52. The molecule has 0 unspecified atom stereocenters. The van der Waals surface area contributed by atoms with E-state index in [1.165, 1.54) is 18.6 Å². The molecule has 2 aromatic rings. The van der Waals surface area contributed by atoms with Crippen molar-refractivity contribution in [3.8, 4) is 5.75 Å². The Hall–Kier alpha value is -0.740. The molecule has 1 heterocycles. The first-order valence-electron chi connectivity index (χ1n) is 5.03. The standard InChI is InChI=1S/C11H11NOS2/c13-8-3-4-9-10(5-8)15-11(12-9)14-6-7-1-2-7/h3-5,7,13H,1-2,6H2. The number of fused-ring (bicyclic) bond motifs is 1. The van der Waals surface area contributed by atoms with Crippen molar-refractivity contribution in [1.82, 2.24) is 4.98 Å². The van der Waals surface area contributed by atoms with E-state index in [4.69, 9.17) is 0 Å². The number of hydrogen-bond acceptors (Lipinski definition) is 4. The van der Waals surface area contributed by atoms with Crippen LogP contribution in [-0.4, -0.2) is 15.8 Å². The Balaban J connectivity index is 1.84. The molecule has 0 spiro atoms. The molecule has 1 fully saturated rings. The summed E-state index contributed by atoms with van der Waals surface area (Å²) < 4.78 is 2.20. The van der Waals surface area contributed by atoms with Crippen LogP contribution < -0.4 is 0 Å². The molecule has 0 amide bonds. The lowest BCUT2D eigenvalue weighted by Gasteiger charge is -1.91. The van der Waals surface area contributed by atoms with Crippen molar-refractivity contribution in [2.24, 2.45) is 5.92 Å². The van der Waals surface area contributed by atoms with Gasteiger partial charge < -0.3 is 5.11 Å². The maximum absolute atomic E-state index is 9.34. The smallest absolute Gasteiger partial charge is 0.151 e. The van der Waals surface area contributed by atoms with Gasteiger partial charge in [0.05, 0.1) is 10.2 Å². The first kappa shape index (κ1) is 9.48. The van der Waals surface area contributed by atoms with Gasteiger partial charge in [0.15, 0.2) is 4.34 Å². The predicted molar refractivity (Wildman–Crippen MR) is 64.7 cm³/mol. The molecule has 4 heteroatoms. The van der Waals surface area contributed by atoms with Crippen LogP contribution in [0.5, 0.6) is 5.75 Å². The maximum atomic E-state index is 9.34. The summed E-state index contributed by atoms with van der Waals surface area (Å²) in [7, 11) is 0. The Bertz CT molecular complexity index is 490. The largest absolute Gasteiger partial charge is 0.508 e. The van der Waals surface area contributed by atoms with Crippen LogP contribution in [0.3, 0.4) is 0 Å². The van der Waals surface area contributed by atoms with Gasteiger partial charge in [-0.05, 0) is 37.0 Å². The Kier molecular flexibility index (Phi) is 2.33. The molecule has 1 saturated carbocycles. The summed E-state index contributed by atoms with van der Waals surface area (Å²) in [4.78, 5) is 4.52. The quantitative estimate of drug-likeness (QED) is 0.829. The van der Waals surface area contributed by atoms with Crippen molar-refractivity contribution >= 4 is 33.3 Å². The zero-order valence-corrected chi connectivity index (χ0v) is 9.77. The van der Waals surface area contributed by atoms with E-state index in [1.54, 1.807) is 23.5 Å². The van der Waals surface area contributed by atoms with E-state index < -0.39 is 0 Å². The number of thioether (sulfide) groups is 1. The number of hydrogen-bond donors (Lipinski definition) is 1. The van der Waals surface area contributed by atoms with E-state index in [2.05, 4.69) is 4.98 Å². The van der Waals surface area contributed by atoms with Crippen LogP contribution >= 0.6 is 23.1 Å². The van der Waals surface area contributed by atoms with Gasteiger partial charge in [0.2, 0.25) is 0 Å². The lowest BCUT2D eigenvalue weighted by molar-refractivity contribution is 0.476. The molecule has 1 aliphatic carbocycles. The molecule has 0 saturated heterocycles. The Morgan fingerprint density at radius 3 is 3.13 bits per heavy atom. The molecular formula is C11H11NOS2. The van der Waals surface area contributed by atoms with Crippen LogP contribution in [0.25, 0.3) is 10.2 Å². The summed E-state index contributed by atoms with van der Waals surface area (Å²) in [5.74, 6) is 2.45. The Morgan fingerprint density at radius 2 is 2.33 bits per heavy atom. The molecule has 1 aromatic heterocycles. The van der Waals surface area contributed by atoms with E-state index in [9.17, 15) is 5.11 Å². The fourth-order valence-corrected chi connectivity index (χ4v) is 3.74. The van der Waals surface area contributed by atoms with Crippen LogP contribution in [0.2, 0.25) is 0 Å². The Labute approximate surface area is 96.3 Å². The highest BCUT2D eigenvalue weighted by molar-refractivity contribution is 8.01. The first-order valence-corrected chi connectivity index (χ1v) is 6.84. The molecule has 15 heavy (non-hydrogen) atoms. The third-order valence-electron chi connectivity index (χ3n) is 2.49. The SMILES string of the molecule is Oc1ccc2nc(SCC3CC3)sc2c1. The van der Waals surface area contributed by atoms with Crippen molar-refractivity contribution in [3.05, 3.63) is 18.2 Å². The van der Waals surface area contributed by atoms with Crippen molar-refractivity contribution in [1.29, 1.82) is 0 Å². The number of nitrogens with zero attached hydrogens (tertiary/aromatic N) is 1. The summed E-state index contributed by atoms with van der Waals surface area (Å²) in [6.45, 7) is 0. The molecule has 2 nitrogen and oxygen atoms in total. The van der Waals surface area contributed by atoms with Crippen molar-refractivity contribution in [2.45, 2.75) is 17.2 Å². The van der Waals surface area contributed by atoms with Gasteiger partial charge in [-0.25, -0.2) is 4.98 Å². The fourth-order valence-electron chi connectivity index (χ4n) is 1.43. The van der Waals surface area contributed by atoms with Crippen LogP contribution in [-0.2, 0) is 0 Å². The zero-order valence-electron chi connectivity index (χ0n) is 8.14. The molecule has 1 N–H and O–H groups in total. The van der Waals surface area contributed by atoms with Crippen LogP contribution in [0.1, 0.15) is 12.8 Å². The summed E-state index contributed by atoms with van der Waals surface area (Å²) in [6, 6.07) is 5.36. The molecule has 0 aliphatic heterocycles. The fraction of sp³-hybridized carbons (Fsp3) is 0.364. The zero-order chi connectivity index (χ0) is 10.3. The predicted octanol–water partition coefficient (Wildman–Crippen LogP) is 3.50. The van der Waals surface area contributed by atoms with Gasteiger partial charge in [-0.1, -0.05) is 11.8 Å². The average Bonchev–Trinajstić information content (AvgIpc) is 2.95. The monoisotopic (exact) mass is 237 g/mol. The topological polar surface area (TPSA) is 33.1 Å². The van der Waals surface area contributed by atoms with Gasteiger partial charge >= 0.3 is 0 Å². The van der Waals surface area contributed by atoms with Gasteiger partial charge in [-0.3, -0.25) is 0 Å². The van der Waals surface area contributed by atoms with Crippen LogP contribution in [0.15, 0.2) is 22.5 Å². The normalized spacial score (nSPS) is 16.0. The van der Waals surface area contributed by atoms with Crippen LogP contribution in [0, 0.1) is 5.92 Å². The lowest BCUT2D eigenvalue weighted by atomic mass is 10.3. The molecule has 1 aromatic carbocycles. The van der Waals surface area contributed by atoms with E-state index in [-0.39, 0.29) is 0 Å². The minimum Gasteiger partial charge on any atom is -0.508 e. The van der Waals surface area contributed by atoms with Crippen molar-refractivity contribution in [3.63, 3.8) is 0 Å². The van der Waals surface area contributed by atoms with Gasteiger partial charge in [-0.2, -0.15) is 0 Å². The highest BCUT2D eigenvalue weighted by atomic mass is 32.2. The number of rotatable bonds is 3. The maximum Gasteiger partial charge on any atom is 0.151 e. The molecule has 78 valence electrons. The van der Waals surface area contributed by atoms with E-state index >= 15 is 0 Å². The molecule has 0 radical (unpaired) electrons. The molecule has 3 rings (SSSR count). The second kappa shape index (κ2) is 3.68. The molecular weight excluding hydrogens is 226 g/mol. The van der Waals surface area contributed by atoms with Gasteiger partial charge in [-0.15, -0.1) is 11.3 Å². The average molecular weight is 237 g/mol. The summed E-state index contributed by atoms with van der Waals surface area (Å²) in [5, 5.41) is 9.34. The molecule has 0 atom stereocenters. The minimum atomic E-state index is 0.324. The van der Waals surface area contributed by atoms with Gasteiger partial charge in [0.1, 0.15) is 5.75 Å². The highest BCUT2D eigenvalue weighted by Crippen LogP contribution is 2.37. The van der Waals surface area contributed by atoms with E-state index in [0.717, 1.165) is 20.5 Å². The number of phenolic OH excluding ortho intramolecular Hbond substituents is 1. The number of phenols is 1. The minimum absolute atomic E-state index is 0.324. The number of aromatic nitrogens is 1. The summed E-state index contributed by atoms with van der Waals surface area (Å²) in [5.41, 5.74) is 0.996. The van der Waals surface area contributed by atoms with Gasteiger partial charge in [0.25, 0.3) is 0 Å². The first-order chi connectivity index (χ1) is 7.31. The van der Waals surface area contributed by atoms with Crippen molar-refractivity contribution in [2.75, 3.05) is 5.75 Å². The number of benzene rings is 1. The number of aromatic hydroxyl groups is 1. The van der Waals surface area contributed by atoms with Crippen molar-refractivity contribution < 1.29 is 5.11 Å². The van der Waals surface area contributed by atoms with Crippen LogP contribution in [0.4, 0.5) is 0 Å². The Morgan fingerprint density at radius 1 is 1.47 bits per heavy atom. The third kappa shape index (κ3) is 2.11. The molecule has 0 bridgehead atoms. The van der Waals surface area contributed by atoms with E-state index in [1.807, 2.05) is 17.8 Å². The second-order valence-electron chi connectivity index (χ2n) is 3.89. The van der Waals surface area contributed by atoms with E-state index in [0.29, 0.717) is 5.75 Å². The summed E-state index contributed by atoms with van der Waals surface area (Å²) in [6.07, 6.45) is 2.78. The highest BCUT2D eigenvalue weighted by Gasteiger charge is 2.21. The van der Waals surface area contributed by atoms with Gasteiger partial charge in [0, 0.05) is 5.75 Å².